The van der Waals surface area contributed by atoms with Crippen molar-refractivity contribution in [2.75, 3.05) is 6.54 Å². The first-order valence-electron chi connectivity index (χ1n) is 5.41. The van der Waals surface area contributed by atoms with E-state index in [0.717, 1.165) is 12.1 Å². The van der Waals surface area contributed by atoms with Gasteiger partial charge in [0.2, 0.25) is 0 Å². The summed E-state index contributed by atoms with van der Waals surface area (Å²) in [4.78, 5) is 0. The second-order valence-corrected chi connectivity index (χ2v) is 4.27. The highest BCUT2D eigenvalue weighted by Crippen LogP contribution is 2.18. The first kappa shape index (κ1) is 13.2. The first-order valence-corrected chi connectivity index (χ1v) is 5.79. The Morgan fingerprint density at radius 1 is 1.56 bits per heavy atom. The van der Waals surface area contributed by atoms with Gasteiger partial charge in [0.25, 0.3) is 0 Å². The molecular formula is C13H17ClFN. The summed E-state index contributed by atoms with van der Waals surface area (Å²) in [5.41, 5.74) is 1.68. The quantitative estimate of drug-likeness (QED) is 0.844. The lowest BCUT2D eigenvalue weighted by Gasteiger charge is -2.13. The van der Waals surface area contributed by atoms with Crippen LogP contribution in [0.1, 0.15) is 26.3 Å². The first-order chi connectivity index (χ1) is 7.54. The Morgan fingerprint density at radius 2 is 2.25 bits per heavy atom. The Kier molecular flexibility index (Phi) is 4.97. The standard InChI is InChI=1S/C13H17ClFN/c1-4-16-10(3)9(2)7-11-5-6-12(14)8-13(11)15/h5-8,10,16H,4H2,1-3H3/b9-7+. The average molecular weight is 242 g/mol. The minimum atomic E-state index is -0.282. The van der Waals surface area contributed by atoms with Gasteiger partial charge in [-0.25, -0.2) is 4.39 Å². The Hall–Kier alpha value is -0.860. The third-order valence-electron chi connectivity index (χ3n) is 2.54. The fourth-order valence-corrected chi connectivity index (χ4v) is 1.61. The Morgan fingerprint density at radius 3 is 2.81 bits per heavy atom. The lowest BCUT2D eigenvalue weighted by Crippen LogP contribution is -2.26. The van der Waals surface area contributed by atoms with Crippen LogP contribution in [0.25, 0.3) is 6.08 Å². The predicted molar refractivity (Wildman–Crippen MR) is 68.2 cm³/mol. The monoisotopic (exact) mass is 241 g/mol. The second-order valence-electron chi connectivity index (χ2n) is 3.83. The van der Waals surface area contributed by atoms with Gasteiger partial charge in [0, 0.05) is 16.6 Å². The molecule has 1 rings (SSSR count). The number of nitrogens with one attached hydrogen (secondary N) is 1. The number of rotatable bonds is 4. The largest absolute Gasteiger partial charge is 0.311 e. The molecule has 1 aromatic carbocycles. The molecule has 0 aliphatic heterocycles. The molecule has 0 saturated carbocycles. The van der Waals surface area contributed by atoms with Gasteiger partial charge in [-0.05, 0) is 32.5 Å². The lowest BCUT2D eigenvalue weighted by molar-refractivity contribution is 0.622. The number of hydrogen-bond donors (Lipinski definition) is 1. The van der Waals surface area contributed by atoms with Crippen LogP contribution in [0.4, 0.5) is 4.39 Å². The maximum atomic E-state index is 13.5. The third kappa shape index (κ3) is 3.62. The van der Waals surface area contributed by atoms with Crippen molar-refractivity contribution in [1.29, 1.82) is 0 Å². The fourth-order valence-electron chi connectivity index (χ4n) is 1.46. The van der Waals surface area contributed by atoms with Crippen LogP contribution in [0.15, 0.2) is 23.8 Å². The summed E-state index contributed by atoms with van der Waals surface area (Å²) >= 11 is 5.69. The van der Waals surface area contributed by atoms with Crippen LogP contribution in [0.3, 0.4) is 0 Å². The van der Waals surface area contributed by atoms with Crippen molar-refractivity contribution in [2.24, 2.45) is 0 Å². The molecule has 1 unspecified atom stereocenters. The maximum absolute atomic E-state index is 13.5. The number of hydrogen-bond acceptors (Lipinski definition) is 1. The molecule has 0 fully saturated rings. The molecule has 1 atom stereocenters. The van der Waals surface area contributed by atoms with Gasteiger partial charge in [0.1, 0.15) is 5.82 Å². The minimum absolute atomic E-state index is 0.250. The highest BCUT2D eigenvalue weighted by molar-refractivity contribution is 6.30. The highest BCUT2D eigenvalue weighted by Gasteiger charge is 2.04. The summed E-state index contributed by atoms with van der Waals surface area (Å²) < 4.78 is 13.5. The van der Waals surface area contributed by atoms with Gasteiger partial charge >= 0.3 is 0 Å². The van der Waals surface area contributed by atoms with Crippen LogP contribution in [0.2, 0.25) is 5.02 Å². The molecule has 0 aliphatic rings. The number of halogens is 2. The van der Waals surface area contributed by atoms with E-state index in [4.69, 9.17) is 11.6 Å². The molecule has 3 heteroatoms. The fraction of sp³-hybridized carbons (Fsp3) is 0.385. The van der Waals surface area contributed by atoms with Crippen LogP contribution < -0.4 is 5.32 Å². The summed E-state index contributed by atoms with van der Waals surface area (Å²) in [6, 6.07) is 4.97. The Balaban J connectivity index is 2.89. The Bertz CT molecular complexity index is 388. The topological polar surface area (TPSA) is 12.0 Å². The molecular weight excluding hydrogens is 225 g/mol. The van der Waals surface area contributed by atoms with E-state index in [9.17, 15) is 4.39 Å². The molecule has 0 amide bonds. The van der Waals surface area contributed by atoms with Crippen molar-refractivity contribution in [3.8, 4) is 0 Å². The number of likely N-dealkylation sites (N-methyl/N-ethyl adjacent to an activating group) is 1. The zero-order valence-corrected chi connectivity index (χ0v) is 10.6. The molecule has 0 saturated heterocycles. The van der Waals surface area contributed by atoms with E-state index in [-0.39, 0.29) is 11.9 Å². The lowest BCUT2D eigenvalue weighted by atomic mass is 10.1. The average Bonchev–Trinajstić information content (AvgIpc) is 2.22. The summed E-state index contributed by atoms with van der Waals surface area (Å²) in [5.74, 6) is -0.282. The molecule has 1 aromatic rings. The van der Waals surface area contributed by atoms with E-state index in [1.165, 1.54) is 6.07 Å². The van der Waals surface area contributed by atoms with E-state index in [0.29, 0.717) is 10.6 Å². The predicted octanol–water partition coefficient (Wildman–Crippen LogP) is 3.88. The van der Waals surface area contributed by atoms with Crippen molar-refractivity contribution in [1.82, 2.24) is 5.32 Å². The van der Waals surface area contributed by atoms with E-state index < -0.39 is 0 Å². The second kappa shape index (κ2) is 6.02. The summed E-state index contributed by atoms with van der Waals surface area (Å²) in [6.07, 6.45) is 1.85. The van der Waals surface area contributed by atoms with Gasteiger partial charge in [0.05, 0.1) is 0 Å². The normalized spacial score (nSPS) is 13.9. The van der Waals surface area contributed by atoms with Gasteiger partial charge in [-0.15, -0.1) is 0 Å². The zero-order valence-electron chi connectivity index (χ0n) is 9.85. The summed E-state index contributed by atoms with van der Waals surface area (Å²) in [7, 11) is 0. The van der Waals surface area contributed by atoms with Gasteiger partial charge in [-0.3, -0.25) is 0 Å². The third-order valence-corrected chi connectivity index (χ3v) is 2.77. The van der Waals surface area contributed by atoms with Gasteiger partial charge < -0.3 is 5.32 Å². The van der Waals surface area contributed by atoms with Crippen LogP contribution in [-0.2, 0) is 0 Å². The van der Waals surface area contributed by atoms with Crippen molar-refractivity contribution in [3.05, 3.63) is 40.2 Å². The molecule has 1 nitrogen and oxygen atoms in total. The van der Waals surface area contributed by atoms with Gasteiger partial charge in [-0.2, -0.15) is 0 Å². The van der Waals surface area contributed by atoms with Crippen molar-refractivity contribution in [2.45, 2.75) is 26.8 Å². The van der Waals surface area contributed by atoms with Crippen LogP contribution in [-0.4, -0.2) is 12.6 Å². The zero-order chi connectivity index (χ0) is 12.1. The molecule has 0 bridgehead atoms. The van der Waals surface area contributed by atoms with Crippen molar-refractivity contribution in [3.63, 3.8) is 0 Å². The van der Waals surface area contributed by atoms with Crippen molar-refractivity contribution < 1.29 is 4.39 Å². The van der Waals surface area contributed by atoms with Crippen LogP contribution in [0, 0.1) is 5.82 Å². The smallest absolute Gasteiger partial charge is 0.131 e. The molecule has 0 radical (unpaired) electrons. The van der Waals surface area contributed by atoms with Crippen LogP contribution >= 0.6 is 11.6 Å². The SMILES string of the molecule is CCNC(C)/C(C)=C/c1ccc(Cl)cc1F. The van der Waals surface area contributed by atoms with Crippen LogP contribution in [0.5, 0.6) is 0 Å². The molecule has 16 heavy (non-hydrogen) atoms. The minimum Gasteiger partial charge on any atom is -0.311 e. The van der Waals surface area contributed by atoms with Gasteiger partial charge in [0.15, 0.2) is 0 Å². The van der Waals surface area contributed by atoms with E-state index in [1.807, 2.05) is 19.9 Å². The van der Waals surface area contributed by atoms with Crippen molar-refractivity contribution >= 4 is 17.7 Å². The molecule has 88 valence electrons. The number of benzene rings is 1. The molecule has 0 heterocycles. The molecule has 0 spiro atoms. The summed E-state index contributed by atoms with van der Waals surface area (Å²) in [6.45, 7) is 6.99. The molecule has 1 N–H and O–H groups in total. The van der Waals surface area contributed by atoms with E-state index in [2.05, 4.69) is 12.2 Å². The van der Waals surface area contributed by atoms with E-state index >= 15 is 0 Å². The molecule has 0 aromatic heterocycles. The summed E-state index contributed by atoms with van der Waals surface area (Å²) in [5, 5.41) is 3.70. The maximum Gasteiger partial charge on any atom is 0.131 e. The molecule has 0 aliphatic carbocycles. The Labute approximate surface area is 101 Å². The highest BCUT2D eigenvalue weighted by atomic mass is 35.5. The van der Waals surface area contributed by atoms with E-state index in [1.54, 1.807) is 12.1 Å². The van der Waals surface area contributed by atoms with Gasteiger partial charge in [-0.1, -0.05) is 36.2 Å².